The summed E-state index contributed by atoms with van der Waals surface area (Å²) in [6.45, 7) is -0.474. The summed E-state index contributed by atoms with van der Waals surface area (Å²) in [6.07, 6.45) is -1.27. The number of nitrogens with one attached hydrogen (secondary N) is 1. The topological polar surface area (TPSA) is 95.2 Å². The number of ketones is 1. The van der Waals surface area contributed by atoms with Crippen LogP contribution in [0.2, 0.25) is 0 Å². The van der Waals surface area contributed by atoms with Gasteiger partial charge in [0, 0.05) is 25.6 Å². The van der Waals surface area contributed by atoms with Crippen LogP contribution in [0.4, 0.5) is 13.6 Å². The number of carbonyl (C=O) groups is 3. The van der Waals surface area contributed by atoms with Gasteiger partial charge in [-0.05, 0) is 42.7 Å². The molecule has 2 aliphatic rings. The molecule has 31 heavy (non-hydrogen) atoms. The second-order valence-corrected chi connectivity index (χ2v) is 8.04. The summed E-state index contributed by atoms with van der Waals surface area (Å²) >= 11 is 0. The Balaban J connectivity index is 1.53. The number of halogens is 2. The van der Waals surface area contributed by atoms with Crippen LogP contribution < -0.4 is 5.32 Å². The highest BCUT2D eigenvalue weighted by Gasteiger charge is 2.55. The fourth-order valence-corrected chi connectivity index (χ4v) is 4.26. The number of imide groups is 1. The van der Waals surface area contributed by atoms with Crippen LogP contribution in [0.1, 0.15) is 41.7 Å². The number of aromatic nitrogens is 1. The smallest absolute Gasteiger partial charge is 0.325 e. The maximum atomic E-state index is 13.5. The second-order valence-electron chi connectivity index (χ2n) is 8.04. The summed E-state index contributed by atoms with van der Waals surface area (Å²) in [5.74, 6) is -3.92. The molecule has 0 bridgehead atoms. The molecule has 0 atom stereocenters. The lowest BCUT2D eigenvalue weighted by Gasteiger charge is -2.34. The molecular formula is C22H20F2N4O3. The van der Waals surface area contributed by atoms with Crippen LogP contribution in [-0.4, -0.2) is 45.2 Å². The number of hydrogen-bond donors (Lipinski definition) is 1. The number of urea groups is 1. The Morgan fingerprint density at radius 3 is 2.55 bits per heavy atom. The zero-order valence-corrected chi connectivity index (χ0v) is 16.8. The lowest BCUT2D eigenvalue weighted by atomic mass is 9.80. The molecule has 2 aromatic rings. The number of nitriles is 1. The van der Waals surface area contributed by atoms with Gasteiger partial charge in [-0.2, -0.15) is 5.26 Å². The first kappa shape index (κ1) is 20.7. The number of Topliss-reactive ketones (excluding diaryl/α,β-unsaturated/α-hetero) is 1. The van der Waals surface area contributed by atoms with Crippen molar-refractivity contribution in [3.05, 3.63) is 47.7 Å². The normalized spacial score (nSPS) is 19.4. The molecule has 2 fully saturated rings. The second kappa shape index (κ2) is 7.30. The van der Waals surface area contributed by atoms with E-state index in [2.05, 4.69) is 11.4 Å². The van der Waals surface area contributed by atoms with E-state index in [9.17, 15) is 23.2 Å². The van der Waals surface area contributed by atoms with Crippen LogP contribution in [0, 0.1) is 11.3 Å². The molecule has 1 aliphatic carbocycles. The zero-order valence-electron chi connectivity index (χ0n) is 16.8. The number of nitrogens with zero attached hydrogens (tertiary/aromatic N) is 3. The molecule has 2 heterocycles. The van der Waals surface area contributed by atoms with Crippen molar-refractivity contribution in [2.45, 2.75) is 37.1 Å². The average Bonchev–Trinajstić information content (AvgIpc) is 3.23. The van der Waals surface area contributed by atoms with Crippen LogP contribution >= 0.6 is 0 Å². The lowest BCUT2D eigenvalue weighted by molar-refractivity contribution is -0.135. The monoisotopic (exact) mass is 426 g/mol. The molecule has 9 heteroatoms. The molecular weight excluding hydrogens is 406 g/mol. The van der Waals surface area contributed by atoms with Gasteiger partial charge in [-0.15, -0.1) is 0 Å². The Bertz CT molecular complexity index is 1120. The van der Waals surface area contributed by atoms with Crippen molar-refractivity contribution in [3.8, 4) is 17.3 Å². The van der Waals surface area contributed by atoms with Gasteiger partial charge in [0.1, 0.15) is 5.54 Å². The van der Waals surface area contributed by atoms with Crippen LogP contribution in [0.15, 0.2) is 36.4 Å². The van der Waals surface area contributed by atoms with E-state index in [1.165, 1.54) is 0 Å². The minimum atomic E-state index is -2.85. The van der Waals surface area contributed by atoms with Gasteiger partial charge in [-0.1, -0.05) is 12.1 Å². The number of amides is 3. The molecule has 1 N–H and O–H groups in total. The zero-order chi connectivity index (χ0) is 22.4. The standard InChI is InChI=1S/C22H20F2N4O3/c1-27-16(15-4-2-3-14(11-15)12-25)5-6-17(27)18(29)13-28-19(30)21(26-20(28)31)7-9-22(23,24)10-8-21/h2-6,11H,7-10,13H2,1H3,(H,26,31). The van der Waals surface area contributed by atoms with Gasteiger partial charge in [0.25, 0.3) is 5.91 Å². The molecule has 0 radical (unpaired) electrons. The maximum absolute atomic E-state index is 13.5. The summed E-state index contributed by atoms with van der Waals surface area (Å²) in [4.78, 5) is 38.9. The SMILES string of the molecule is Cn1c(C(=O)CN2C(=O)NC3(CCC(F)(F)CC3)C2=O)ccc1-c1cccc(C#N)c1. The Labute approximate surface area is 177 Å². The molecule has 160 valence electrons. The fourth-order valence-electron chi connectivity index (χ4n) is 4.26. The molecule has 4 rings (SSSR count). The summed E-state index contributed by atoms with van der Waals surface area (Å²) in [5, 5.41) is 11.6. The minimum Gasteiger partial charge on any atom is -0.341 e. The lowest BCUT2D eigenvalue weighted by Crippen LogP contribution is -2.51. The van der Waals surface area contributed by atoms with Crippen molar-refractivity contribution < 1.29 is 23.2 Å². The van der Waals surface area contributed by atoms with Gasteiger partial charge >= 0.3 is 6.03 Å². The number of alkyl halides is 2. The molecule has 3 amide bonds. The predicted octanol–water partition coefficient (Wildman–Crippen LogP) is 3.25. The summed E-state index contributed by atoms with van der Waals surface area (Å²) in [5.41, 5.74) is 0.862. The first-order valence-corrected chi connectivity index (χ1v) is 9.87. The predicted molar refractivity (Wildman–Crippen MR) is 106 cm³/mol. The third-order valence-electron chi connectivity index (χ3n) is 6.08. The van der Waals surface area contributed by atoms with Gasteiger partial charge in [0.05, 0.1) is 23.9 Å². The van der Waals surface area contributed by atoms with E-state index in [0.29, 0.717) is 11.3 Å². The van der Waals surface area contributed by atoms with E-state index >= 15 is 0 Å². The van der Waals surface area contributed by atoms with Crippen molar-refractivity contribution in [2.75, 3.05) is 6.54 Å². The molecule has 0 unspecified atom stereocenters. The summed E-state index contributed by atoms with van der Waals surface area (Å²) in [6, 6.07) is 11.6. The van der Waals surface area contributed by atoms with Crippen LogP contribution in [0.5, 0.6) is 0 Å². The largest absolute Gasteiger partial charge is 0.341 e. The van der Waals surface area contributed by atoms with Crippen molar-refractivity contribution in [2.24, 2.45) is 7.05 Å². The first-order valence-electron chi connectivity index (χ1n) is 9.87. The van der Waals surface area contributed by atoms with Crippen molar-refractivity contribution in [3.63, 3.8) is 0 Å². The highest BCUT2D eigenvalue weighted by molar-refractivity contribution is 6.11. The summed E-state index contributed by atoms with van der Waals surface area (Å²) < 4.78 is 28.7. The Hall–Kier alpha value is -3.54. The molecule has 1 aromatic carbocycles. The highest BCUT2D eigenvalue weighted by atomic mass is 19.3. The van der Waals surface area contributed by atoms with Crippen molar-refractivity contribution in [1.29, 1.82) is 5.26 Å². The fraction of sp³-hybridized carbons (Fsp3) is 0.364. The maximum Gasteiger partial charge on any atom is 0.325 e. The quantitative estimate of drug-likeness (QED) is 0.600. The molecule has 1 saturated carbocycles. The number of benzene rings is 1. The van der Waals surface area contributed by atoms with Crippen LogP contribution in [0.25, 0.3) is 11.3 Å². The molecule has 1 aliphatic heterocycles. The van der Waals surface area contributed by atoms with Crippen molar-refractivity contribution >= 4 is 17.7 Å². The van der Waals surface area contributed by atoms with Gasteiger partial charge in [-0.25, -0.2) is 13.6 Å². The van der Waals surface area contributed by atoms with Crippen LogP contribution in [-0.2, 0) is 11.8 Å². The number of carbonyl (C=O) groups excluding carboxylic acids is 3. The van der Waals surface area contributed by atoms with Gasteiger partial charge in [0.2, 0.25) is 5.92 Å². The minimum absolute atomic E-state index is 0.154. The Morgan fingerprint density at radius 2 is 1.87 bits per heavy atom. The molecule has 1 aromatic heterocycles. The van der Waals surface area contributed by atoms with E-state index < -0.39 is 48.6 Å². The van der Waals surface area contributed by atoms with E-state index in [1.54, 1.807) is 41.9 Å². The third-order valence-corrected chi connectivity index (χ3v) is 6.08. The third kappa shape index (κ3) is 3.58. The van der Waals surface area contributed by atoms with Gasteiger partial charge in [-0.3, -0.25) is 14.5 Å². The Morgan fingerprint density at radius 1 is 1.16 bits per heavy atom. The Kier molecular flexibility index (Phi) is 4.88. The van der Waals surface area contributed by atoms with Gasteiger partial charge < -0.3 is 9.88 Å². The van der Waals surface area contributed by atoms with Crippen molar-refractivity contribution in [1.82, 2.24) is 14.8 Å². The highest BCUT2D eigenvalue weighted by Crippen LogP contribution is 2.41. The van der Waals surface area contributed by atoms with Crippen LogP contribution in [0.3, 0.4) is 0 Å². The first-order chi connectivity index (χ1) is 14.7. The van der Waals surface area contributed by atoms with E-state index in [-0.39, 0.29) is 18.5 Å². The van der Waals surface area contributed by atoms with E-state index in [4.69, 9.17) is 5.26 Å². The molecule has 1 spiro atoms. The van der Waals surface area contributed by atoms with Gasteiger partial charge in [0.15, 0.2) is 5.78 Å². The summed E-state index contributed by atoms with van der Waals surface area (Å²) in [7, 11) is 1.68. The van der Waals surface area contributed by atoms with E-state index in [1.807, 2.05) is 6.07 Å². The average molecular weight is 426 g/mol. The number of hydrogen-bond acceptors (Lipinski definition) is 4. The number of rotatable bonds is 4. The molecule has 1 saturated heterocycles. The molecule has 7 nitrogen and oxygen atoms in total. The van der Waals surface area contributed by atoms with E-state index in [0.717, 1.165) is 10.5 Å².